The summed E-state index contributed by atoms with van der Waals surface area (Å²) in [5.41, 5.74) is 1.66. The molecule has 2 fully saturated rings. The summed E-state index contributed by atoms with van der Waals surface area (Å²) in [5, 5.41) is 6.03. The zero-order valence-electron chi connectivity index (χ0n) is 18.6. The van der Waals surface area contributed by atoms with Crippen LogP contribution in [0.15, 0.2) is 58.1 Å². The molecule has 1 aliphatic heterocycles. The van der Waals surface area contributed by atoms with E-state index in [0.717, 1.165) is 23.4 Å². The third kappa shape index (κ3) is 4.27. The zero-order valence-corrected chi connectivity index (χ0v) is 21.0. The van der Waals surface area contributed by atoms with E-state index >= 15 is 0 Å². The van der Waals surface area contributed by atoms with E-state index in [9.17, 15) is 9.59 Å². The van der Waals surface area contributed by atoms with E-state index in [-0.39, 0.29) is 35.5 Å². The highest BCUT2D eigenvalue weighted by Crippen LogP contribution is 2.49. The second-order valence-corrected chi connectivity index (χ2v) is 10.0. The fraction of sp³-hybridized carbons (Fsp3) is 0.346. The summed E-state index contributed by atoms with van der Waals surface area (Å²) < 4.78 is 12.5. The second-order valence-electron chi connectivity index (χ2n) is 8.75. The number of nitrogens with zero attached hydrogens (tertiary/aromatic N) is 2. The summed E-state index contributed by atoms with van der Waals surface area (Å²) in [6, 6.07) is 11.1. The van der Waals surface area contributed by atoms with Crippen molar-refractivity contribution in [2.45, 2.75) is 26.4 Å². The van der Waals surface area contributed by atoms with Crippen LogP contribution in [0.3, 0.4) is 0 Å². The van der Waals surface area contributed by atoms with Gasteiger partial charge in [0.15, 0.2) is 11.5 Å². The van der Waals surface area contributed by atoms with Crippen molar-refractivity contribution < 1.29 is 19.1 Å². The average Bonchev–Trinajstić information content (AvgIpc) is 3.11. The standard InChI is InChI=1S/C26H24BrClN2O4/c1-2-33-21-12-16(11-20(27)24(21)34-14-15-3-9-19(28)10-4-15)13-29-30-25(31)22-17-5-6-18(8-7-17)23(22)26(30)32/h3-6,9-13,17-18,22-23H,2,7-8,14H2,1H3/b29-13-/t17-,18-,22+,23+/m1/s1. The molecule has 4 atom stereocenters. The first-order valence-electron chi connectivity index (χ1n) is 11.4. The van der Waals surface area contributed by atoms with E-state index in [0.29, 0.717) is 39.8 Å². The zero-order chi connectivity index (χ0) is 23.8. The number of ether oxygens (including phenoxy) is 2. The molecule has 176 valence electrons. The summed E-state index contributed by atoms with van der Waals surface area (Å²) >= 11 is 9.52. The van der Waals surface area contributed by atoms with E-state index in [1.165, 1.54) is 6.21 Å². The van der Waals surface area contributed by atoms with Crippen LogP contribution in [-0.2, 0) is 16.2 Å². The lowest BCUT2D eigenvalue weighted by molar-refractivity contribution is -0.140. The van der Waals surface area contributed by atoms with Crippen LogP contribution in [0.1, 0.15) is 30.9 Å². The highest BCUT2D eigenvalue weighted by molar-refractivity contribution is 9.10. The highest BCUT2D eigenvalue weighted by Gasteiger charge is 2.56. The molecular weight excluding hydrogens is 520 g/mol. The highest BCUT2D eigenvalue weighted by atomic mass is 79.9. The van der Waals surface area contributed by atoms with E-state index in [1.807, 2.05) is 37.3 Å². The van der Waals surface area contributed by atoms with Gasteiger partial charge in [-0.3, -0.25) is 9.59 Å². The van der Waals surface area contributed by atoms with Gasteiger partial charge in [-0.05, 0) is 82.9 Å². The summed E-state index contributed by atoms with van der Waals surface area (Å²) in [5.74, 6) is 0.447. The van der Waals surface area contributed by atoms with Crippen molar-refractivity contribution >= 4 is 45.6 Å². The molecule has 3 aliphatic carbocycles. The number of allylic oxidation sites excluding steroid dienone is 2. The predicted octanol–water partition coefficient (Wildman–Crippen LogP) is 5.61. The van der Waals surface area contributed by atoms with Gasteiger partial charge in [0, 0.05) is 5.02 Å². The lowest BCUT2D eigenvalue weighted by Gasteiger charge is -2.37. The van der Waals surface area contributed by atoms with Crippen LogP contribution in [0.2, 0.25) is 5.02 Å². The third-order valence-corrected chi connectivity index (χ3v) is 7.53. The van der Waals surface area contributed by atoms with Gasteiger partial charge < -0.3 is 9.47 Å². The Kier molecular flexibility index (Phi) is 6.49. The number of rotatable bonds is 7. The average molecular weight is 544 g/mol. The van der Waals surface area contributed by atoms with E-state index in [2.05, 4.69) is 33.2 Å². The van der Waals surface area contributed by atoms with E-state index < -0.39 is 0 Å². The van der Waals surface area contributed by atoms with Gasteiger partial charge in [0.1, 0.15) is 6.61 Å². The van der Waals surface area contributed by atoms with Gasteiger partial charge in [-0.15, -0.1) is 0 Å². The monoisotopic (exact) mass is 542 g/mol. The molecular formula is C26H24BrClN2O4. The Morgan fingerprint density at radius 2 is 1.71 bits per heavy atom. The fourth-order valence-corrected chi connectivity index (χ4v) is 5.80. The molecule has 1 saturated heterocycles. The quantitative estimate of drug-likeness (QED) is 0.259. The Hall–Kier alpha value is -2.64. The molecule has 6 nitrogen and oxygen atoms in total. The summed E-state index contributed by atoms with van der Waals surface area (Å²) in [4.78, 5) is 26.0. The fourth-order valence-electron chi connectivity index (χ4n) is 5.10. The number of halogens is 2. The number of carbonyl (C=O) groups is 2. The van der Waals surface area contributed by atoms with Crippen molar-refractivity contribution in [2.24, 2.45) is 28.8 Å². The molecule has 6 rings (SSSR count). The number of hydrogen-bond donors (Lipinski definition) is 0. The topological polar surface area (TPSA) is 68.2 Å². The molecule has 2 bridgehead atoms. The predicted molar refractivity (Wildman–Crippen MR) is 133 cm³/mol. The first kappa shape index (κ1) is 23.1. The smallest absolute Gasteiger partial charge is 0.254 e. The SMILES string of the molecule is CCOc1cc(/C=N\N2C(=O)[C@@H]3[C@@H](C2=O)[C@@H]2C=C[C@@H]3CC2)cc(Br)c1OCc1ccc(Cl)cc1. The summed E-state index contributed by atoms with van der Waals surface area (Å²) in [6.45, 7) is 2.69. The molecule has 0 aromatic heterocycles. The largest absolute Gasteiger partial charge is 0.490 e. The van der Waals surface area contributed by atoms with Gasteiger partial charge in [-0.25, -0.2) is 0 Å². The van der Waals surface area contributed by atoms with Gasteiger partial charge in [0.05, 0.1) is 29.1 Å². The lowest BCUT2D eigenvalue weighted by atomic mass is 9.63. The van der Waals surface area contributed by atoms with Crippen LogP contribution in [0.5, 0.6) is 11.5 Å². The van der Waals surface area contributed by atoms with Crippen LogP contribution >= 0.6 is 27.5 Å². The van der Waals surface area contributed by atoms with Gasteiger partial charge in [0.25, 0.3) is 11.8 Å². The first-order chi connectivity index (χ1) is 16.5. The number of amides is 2. The minimum Gasteiger partial charge on any atom is -0.490 e. The molecule has 1 heterocycles. The van der Waals surface area contributed by atoms with Crippen molar-refractivity contribution in [3.8, 4) is 11.5 Å². The molecule has 2 aromatic rings. The maximum Gasteiger partial charge on any atom is 0.254 e. The maximum atomic E-state index is 13.0. The third-order valence-electron chi connectivity index (χ3n) is 6.69. The number of benzene rings is 2. The molecule has 0 radical (unpaired) electrons. The molecule has 4 aliphatic rings. The first-order valence-corrected chi connectivity index (χ1v) is 12.6. The summed E-state index contributed by atoms with van der Waals surface area (Å²) in [6.07, 6.45) is 7.64. The van der Waals surface area contributed by atoms with Crippen LogP contribution in [0.25, 0.3) is 0 Å². The van der Waals surface area contributed by atoms with Crippen LogP contribution in [-0.4, -0.2) is 29.6 Å². The molecule has 34 heavy (non-hydrogen) atoms. The number of hydrogen-bond acceptors (Lipinski definition) is 5. The number of imide groups is 1. The van der Waals surface area contributed by atoms with Gasteiger partial charge in [-0.2, -0.15) is 10.1 Å². The van der Waals surface area contributed by atoms with E-state index in [1.54, 1.807) is 6.07 Å². The van der Waals surface area contributed by atoms with Crippen LogP contribution in [0.4, 0.5) is 0 Å². The number of carbonyl (C=O) groups excluding carboxylic acids is 2. The molecule has 0 spiro atoms. The maximum absolute atomic E-state index is 13.0. The van der Waals surface area contributed by atoms with Crippen molar-refractivity contribution in [2.75, 3.05) is 6.61 Å². The van der Waals surface area contributed by atoms with Crippen molar-refractivity contribution in [1.82, 2.24) is 5.01 Å². The van der Waals surface area contributed by atoms with Gasteiger partial charge >= 0.3 is 0 Å². The van der Waals surface area contributed by atoms with Crippen molar-refractivity contribution in [1.29, 1.82) is 0 Å². The van der Waals surface area contributed by atoms with Crippen molar-refractivity contribution in [3.63, 3.8) is 0 Å². The Labute approximate surface area is 211 Å². The number of hydrazone groups is 1. The Morgan fingerprint density at radius 1 is 1.06 bits per heavy atom. The molecule has 0 unspecified atom stereocenters. The lowest BCUT2D eigenvalue weighted by Crippen LogP contribution is -2.38. The van der Waals surface area contributed by atoms with Gasteiger partial charge in [-0.1, -0.05) is 35.9 Å². The second kappa shape index (κ2) is 9.55. The molecule has 0 N–H and O–H groups in total. The van der Waals surface area contributed by atoms with Crippen LogP contribution < -0.4 is 9.47 Å². The Balaban J connectivity index is 1.35. The molecule has 2 aromatic carbocycles. The minimum absolute atomic E-state index is 0.141. The van der Waals surface area contributed by atoms with Crippen LogP contribution in [0, 0.1) is 23.7 Å². The summed E-state index contributed by atoms with van der Waals surface area (Å²) in [7, 11) is 0. The number of fused-ring (bicyclic) bond motifs is 1. The normalized spacial score (nSPS) is 25.3. The van der Waals surface area contributed by atoms with Gasteiger partial charge in [0.2, 0.25) is 0 Å². The van der Waals surface area contributed by atoms with Crippen molar-refractivity contribution in [3.05, 3.63) is 69.2 Å². The molecule has 8 heteroatoms. The Morgan fingerprint density at radius 3 is 2.29 bits per heavy atom. The Bertz CT molecular complexity index is 1150. The van der Waals surface area contributed by atoms with E-state index in [4.69, 9.17) is 21.1 Å². The minimum atomic E-state index is -0.275. The molecule has 1 saturated carbocycles. The molecule has 2 amide bonds.